The van der Waals surface area contributed by atoms with Crippen molar-refractivity contribution in [2.24, 2.45) is 5.73 Å². The number of amides is 1. The molecule has 3 N–H and O–H groups in total. The summed E-state index contributed by atoms with van der Waals surface area (Å²) < 4.78 is 31.9. The maximum Gasteiger partial charge on any atom is 0.217 e. The van der Waals surface area contributed by atoms with Crippen LogP contribution in [0.2, 0.25) is 0 Å². The number of aliphatic hydroxyl groups excluding tert-OH is 1. The van der Waals surface area contributed by atoms with Crippen molar-refractivity contribution < 1.29 is 23.4 Å². The smallest absolute Gasteiger partial charge is 0.217 e. The molecule has 1 aliphatic rings. The number of fused-ring (bicyclic) bond motifs is 1. The Morgan fingerprint density at radius 3 is 2.89 bits per heavy atom. The van der Waals surface area contributed by atoms with Gasteiger partial charge in [-0.3, -0.25) is 4.79 Å². The summed E-state index contributed by atoms with van der Waals surface area (Å²) in [6.07, 6.45) is -0.932. The molecule has 0 spiro atoms. The fourth-order valence-electron chi connectivity index (χ4n) is 2.02. The second-order valence-electron chi connectivity index (χ2n) is 4.30. The Morgan fingerprint density at radius 2 is 2.22 bits per heavy atom. The molecule has 1 aromatic carbocycles. The molecule has 0 radical (unpaired) electrons. The van der Waals surface area contributed by atoms with Crippen LogP contribution in [0.25, 0.3) is 0 Å². The molecule has 4 nitrogen and oxygen atoms in total. The van der Waals surface area contributed by atoms with E-state index in [0.717, 1.165) is 6.07 Å². The number of aliphatic hydroxyl groups is 1. The van der Waals surface area contributed by atoms with Gasteiger partial charge in [0.2, 0.25) is 5.91 Å². The Bertz CT molecular complexity index is 479. The summed E-state index contributed by atoms with van der Waals surface area (Å²) in [6, 6.07) is 1.75. The van der Waals surface area contributed by atoms with Crippen LogP contribution in [0.15, 0.2) is 12.1 Å². The summed E-state index contributed by atoms with van der Waals surface area (Å²) in [6.45, 7) is 0. The Hall–Kier alpha value is -1.69. The highest BCUT2D eigenvalue weighted by Crippen LogP contribution is 2.38. The van der Waals surface area contributed by atoms with Crippen LogP contribution in [-0.4, -0.2) is 17.1 Å². The van der Waals surface area contributed by atoms with E-state index < -0.39 is 29.7 Å². The number of benzene rings is 1. The van der Waals surface area contributed by atoms with E-state index in [4.69, 9.17) is 10.5 Å². The predicted octanol–water partition coefficient (Wildman–Crippen LogP) is 1.41. The molecule has 1 aliphatic heterocycles. The van der Waals surface area contributed by atoms with Crippen LogP contribution in [0.3, 0.4) is 0 Å². The van der Waals surface area contributed by atoms with E-state index in [1.165, 1.54) is 0 Å². The maximum absolute atomic E-state index is 13.5. The second kappa shape index (κ2) is 4.89. The highest BCUT2D eigenvalue weighted by atomic mass is 19.1. The van der Waals surface area contributed by atoms with Gasteiger partial charge < -0.3 is 15.6 Å². The van der Waals surface area contributed by atoms with Crippen LogP contribution in [-0.2, 0) is 4.79 Å². The standard InChI is InChI=1S/C12H13F2NO3/c13-6-3-8-10(16)5-7(1-2-11(15)17)18-12(8)9(14)4-6/h3-4,7,10,16H,1-2,5H2,(H2,15,17). The molecular formula is C12H13F2NO3. The van der Waals surface area contributed by atoms with E-state index in [-0.39, 0.29) is 24.2 Å². The average molecular weight is 257 g/mol. The van der Waals surface area contributed by atoms with E-state index >= 15 is 0 Å². The number of hydrogen-bond donors (Lipinski definition) is 2. The van der Waals surface area contributed by atoms with Gasteiger partial charge in [-0.05, 0) is 12.5 Å². The molecule has 1 aromatic rings. The van der Waals surface area contributed by atoms with E-state index in [9.17, 15) is 18.7 Å². The van der Waals surface area contributed by atoms with Gasteiger partial charge in [0.15, 0.2) is 11.6 Å². The first kappa shape index (κ1) is 12.8. The lowest BCUT2D eigenvalue weighted by molar-refractivity contribution is -0.118. The van der Waals surface area contributed by atoms with Crippen molar-refractivity contribution in [2.75, 3.05) is 0 Å². The number of carbonyl (C=O) groups is 1. The lowest BCUT2D eigenvalue weighted by atomic mass is 9.96. The zero-order valence-electron chi connectivity index (χ0n) is 9.53. The molecule has 18 heavy (non-hydrogen) atoms. The molecule has 0 aromatic heterocycles. The van der Waals surface area contributed by atoms with Gasteiger partial charge in [-0.15, -0.1) is 0 Å². The lowest BCUT2D eigenvalue weighted by Gasteiger charge is -2.29. The van der Waals surface area contributed by atoms with Crippen LogP contribution in [0.5, 0.6) is 5.75 Å². The average Bonchev–Trinajstić information content (AvgIpc) is 2.28. The summed E-state index contributed by atoms with van der Waals surface area (Å²) >= 11 is 0. The van der Waals surface area contributed by atoms with Crippen molar-refractivity contribution in [1.29, 1.82) is 0 Å². The quantitative estimate of drug-likeness (QED) is 0.860. The summed E-state index contributed by atoms with van der Waals surface area (Å²) in [5.74, 6) is -2.25. The fourth-order valence-corrected chi connectivity index (χ4v) is 2.02. The number of primary amides is 1. The zero-order valence-corrected chi connectivity index (χ0v) is 9.53. The number of halogens is 2. The summed E-state index contributed by atoms with van der Waals surface area (Å²) in [5.41, 5.74) is 5.11. The Labute approximate surface area is 102 Å². The summed E-state index contributed by atoms with van der Waals surface area (Å²) in [7, 11) is 0. The van der Waals surface area contributed by atoms with Gasteiger partial charge in [0.25, 0.3) is 0 Å². The molecule has 0 fully saturated rings. The monoisotopic (exact) mass is 257 g/mol. The summed E-state index contributed by atoms with van der Waals surface area (Å²) in [4.78, 5) is 10.7. The topological polar surface area (TPSA) is 72.6 Å². The van der Waals surface area contributed by atoms with Gasteiger partial charge in [-0.2, -0.15) is 0 Å². The van der Waals surface area contributed by atoms with Crippen molar-refractivity contribution in [3.05, 3.63) is 29.3 Å². The molecular weight excluding hydrogens is 244 g/mol. The van der Waals surface area contributed by atoms with Crippen LogP contribution in [0, 0.1) is 11.6 Å². The molecule has 0 bridgehead atoms. The molecule has 2 rings (SSSR count). The zero-order chi connectivity index (χ0) is 13.3. The van der Waals surface area contributed by atoms with E-state index in [1.807, 2.05) is 0 Å². The van der Waals surface area contributed by atoms with Crippen molar-refractivity contribution in [3.8, 4) is 5.75 Å². The molecule has 0 aliphatic carbocycles. The minimum atomic E-state index is -1.00. The molecule has 0 saturated heterocycles. The third-order valence-corrected chi connectivity index (χ3v) is 2.88. The molecule has 1 heterocycles. The van der Waals surface area contributed by atoms with Crippen molar-refractivity contribution in [3.63, 3.8) is 0 Å². The van der Waals surface area contributed by atoms with Gasteiger partial charge in [-0.1, -0.05) is 0 Å². The van der Waals surface area contributed by atoms with Gasteiger partial charge in [0, 0.05) is 24.5 Å². The van der Waals surface area contributed by atoms with Crippen molar-refractivity contribution in [2.45, 2.75) is 31.5 Å². The van der Waals surface area contributed by atoms with Crippen LogP contribution >= 0.6 is 0 Å². The molecule has 0 saturated carbocycles. The van der Waals surface area contributed by atoms with Gasteiger partial charge in [0.1, 0.15) is 11.9 Å². The number of ether oxygens (including phenoxy) is 1. The van der Waals surface area contributed by atoms with Crippen molar-refractivity contribution in [1.82, 2.24) is 0 Å². The molecule has 98 valence electrons. The highest BCUT2D eigenvalue weighted by Gasteiger charge is 2.30. The highest BCUT2D eigenvalue weighted by molar-refractivity contribution is 5.73. The molecule has 2 atom stereocenters. The van der Waals surface area contributed by atoms with Gasteiger partial charge >= 0.3 is 0 Å². The van der Waals surface area contributed by atoms with Crippen LogP contribution in [0.1, 0.15) is 30.9 Å². The Morgan fingerprint density at radius 1 is 1.50 bits per heavy atom. The fraction of sp³-hybridized carbons (Fsp3) is 0.417. The normalized spacial score (nSPS) is 22.2. The van der Waals surface area contributed by atoms with E-state index in [2.05, 4.69) is 0 Å². The number of rotatable bonds is 3. The van der Waals surface area contributed by atoms with Gasteiger partial charge in [-0.25, -0.2) is 8.78 Å². The number of carbonyl (C=O) groups excluding carboxylic acids is 1. The maximum atomic E-state index is 13.5. The SMILES string of the molecule is NC(=O)CCC1CC(O)c2cc(F)cc(F)c2O1. The summed E-state index contributed by atoms with van der Waals surface area (Å²) in [5, 5.41) is 9.82. The third-order valence-electron chi connectivity index (χ3n) is 2.88. The molecule has 2 unspecified atom stereocenters. The first-order valence-corrected chi connectivity index (χ1v) is 5.59. The first-order valence-electron chi connectivity index (χ1n) is 5.59. The Kier molecular flexibility index (Phi) is 3.47. The minimum Gasteiger partial charge on any atom is -0.487 e. The number of hydrogen-bond acceptors (Lipinski definition) is 3. The predicted molar refractivity (Wildman–Crippen MR) is 58.8 cm³/mol. The van der Waals surface area contributed by atoms with E-state index in [1.54, 1.807) is 0 Å². The van der Waals surface area contributed by atoms with Crippen molar-refractivity contribution >= 4 is 5.91 Å². The van der Waals surface area contributed by atoms with Crippen LogP contribution in [0.4, 0.5) is 8.78 Å². The largest absolute Gasteiger partial charge is 0.487 e. The Balaban J connectivity index is 2.20. The molecule has 6 heteroatoms. The molecule has 1 amide bonds. The second-order valence-corrected chi connectivity index (χ2v) is 4.30. The lowest BCUT2D eigenvalue weighted by Crippen LogP contribution is -2.28. The minimum absolute atomic E-state index is 0.0928. The third kappa shape index (κ3) is 2.59. The van der Waals surface area contributed by atoms with Crippen LogP contribution < -0.4 is 10.5 Å². The first-order chi connectivity index (χ1) is 8.47. The van der Waals surface area contributed by atoms with E-state index in [0.29, 0.717) is 12.5 Å². The van der Waals surface area contributed by atoms with Gasteiger partial charge in [0.05, 0.1) is 6.10 Å². The number of nitrogens with two attached hydrogens (primary N) is 1.